The molecule has 0 bridgehead atoms. The van der Waals surface area contributed by atoms with Crippen LogP contribution in [0, 0.1) is 5.92 Å². The van der Waals surface area contributed by atoms with Gasteiger partial charge in [-0.3, -0.25) is 0 Å². The molecule has 1 heterocycles. The Labute approximate surface area is 236 Å². The van der Waals surface area contributed by atoms with Gasteiger partial charge in [0.2, 0.25) is 0 Å². The Balaban J connectivity index is 1.33. The number of fused-ring (bicyclic) bond motifs is 3. The van der Waals surface area contributed by atoms with Crippen molar-refractivity contribution in [3.63, 3.8) is 0 Å². The maximum absolute atomic E-state index is 4.88. The van der Waals surface area contributed by atoms with Crippen molar-refractivity contribution in [2.45, 2.75) is 61.5 Å². The fourth-order valence-corrected chi connectivity index (χ4v) is 8.72. The molecule has 0 N–H and O–H groups in total. The van der Waals surface area contributed by atoms with Gasteiger partial charge in [-0.05, 0) is 67.0 Å². The number of benzene rings is 3. The number of hydrogen-bond donors (Lipinski definition) is 1. The first-order valence-corrected chi connectivity index (χ1v) is 16.7. The summed E-state index contributed by atoms with van der Waals surface area (Å²) in [4.78, 5) is 2.33. The molecule has 4 aromatic rings. The predicted octanol–water partition coefficient (Wildman–Crippen LogP) is 10.2. The summed E-state index contributed by atoms with van der Waals surface area (Å²) in [7, 11) is 0. The van der Waals surface area contributed by atoms with Crippen molar-refractivity contribution in [2.75, 3.05) is 23.0 Å². The third-order valence-corrected chi connectivity index (χ3v) is 11.4. The van der Waals surface area contributed by atoms with E-state index in [9.17, 15) is 0 Å². The highest BCUT2D eigenvalue weighted by Crippen LogP contribution is 2.36. The molecule has 0 spiro atoms. The van der Waals surface area contributed by atoms with Gasteiger partial charge in [-0.25, -0.2) is 0 Å². The van der Waals surface area contributed by atoms with Gasteiger partial charge in [0.25, 0.3) is 0 Å². The molecule has 0 saturated carbocycles. The molecule has 0 radical (unpaired) electrons. The van der Waals surface area contributed by atoms with Gasteiger partial charge in [0.05, 0.1) is 11.0 Å². The Morgan fingerprint density at radius 3 is 2.14 bits per heavy atom. The van der Waals surface area contributed by atoms with Crippen LogP contribution in [0.15, 0.2) is 76.5 Å². The van der Waals surface area contributed by atoms with Crippen LogP contribution in [0.25, 0.3) is 27.5 Å². The number of thioether (sulfide) groups is 3. The third-order valence-electron chi connectivity index (χ3n) is 6.93. The average Bonchev–Trinajstić information content (AvgIpc) is 3.21. The van der Waals surface area contributed by atoms with Crippen LogP contribution < -0.4 is 0 Å². The molecular weight excluding hydrogens is 515 g/mol. The Hall–Kier alpha value is -1.14. The van der Waals surface area contributed by atoms with Crippen molar-refractivity contribution in [1.29, 1.82) is 0 Å². The topological polar surface area (TPSA) is 4.93 Å². The van der Waals surface area contributed by atoms with Crippen LogP contribution in [0.5, 0.6) is 0 Å². The van der Waals surface area contributed by atoms with E-state index in [0.717, 1.165) is 16.6 Å². The second-order valence-corrected chi connectivity index (χ2v) is 14.6. The Kier molecular flexibility index (Phi) is 10.1. The molecular formula is C31H39NS4. The van der Waals surface area contributed by atoms with Crippen LogP contribution in [0.3, 0.4) is 0 Å². The molecule has 0 aliphatic heterocycles. The first-order valence-electron chi connectivity index (χ1n) is 13.1. The van der Waals surface area contributed by atoms with Crippen molar-refractivity contribution in [1.82, 2.24) is 4.57 Å². The molecule has 4 rings (SSSR count). The lowest BCUT2D eigenvalue weighted by Gasteiger charge is -2.28. The SMILES string of the molecule is CCC(C)(CCSCCSc1ccc(-n2c3ccccc3c3ccccc32)cc1S)SCCC(C)C. The Bertz CT molecular complexity index is 1230. The highest BCUT2D eigenvalue weighted by atomic mass is 32.2. The van der Waals surface area contributed by atoms with Gasteiger partial charge in [0.1, 0.15) is 0 Å². The summed E-state index contributed by atoms with van der Waals surface area (Å²) in [5.74, 6) is 5.65. The van der Waals surface area contributed by atoms with Gasteiger partial charge in [-0.15, -0.1) is 24.4 Å². The highest BCUT2D eigenvalue weighted by molar-refractivity contribution is 8.03. The van der Waals surface area contributed by atoms with E-state index in [1.807, 2.05) is 11.8 Å². The second-order valence-electron chi connectivity index (χ2n) is 10.1. The van der Waals surface area contributed by atoms with Crippen molar-refractivity contribution >= 4 is 69.7 Å². The number of aromatic nitrogens is 1. The normalized spacial score (nSPS) is 13.6. The molecule has 192 valence electrons. The van der Waals surface area contributed by atoms with Crippen molar-refractivity contribution in [3.8, 4) is 5.69 Å². The Morgan fingerprint density at radius 2 is 1.53 bits per heavy atom. The maximum atomic E-state index is 4.88. The zero-order valence-electron chi connectivity index (χ0n) is 22.0. The second kappa shape index (κ2) is 13.1. The quantitative estimate of drug-likeness (QED) is 0.0998. The van der Waals surface area contributed by atoms with E-state index in [4.69, 9.17) is 12.6 Å². The fraction of sp³-hybridized carbons (Fsp3) is 0.419. The Morgan fingerprint density at radius 1 is 0.861 bits per heavy atom. The number of thiol groups is 1. The van der Waals surface area contributed by atoms with Crippen LogP contribution in [0.4, 0.5) is 0 Å². The number of nitrogens with zero attached hydrogens (tertiary/aromatic N) is 1. The van der Waals surface area contributed by atoms with E-state index in [0.29, 0.717) is 4.75 Å². The van der Waals surface area contributed by atoms with Crippen LogP contribution in [0.1, 0.15) is 47.0 Å². The van der Waals surface area contributed by atoms with E-state index >= 15 is 0 Å². The summed E-state index contributed by atoms with van der Waals surface area (Å²) >= 11 is 11.1. The summed E-state index contributed by atoms with van der Waals surface area (Å²) in [5, 5.41) is 2.59. The predicted molar refractivity (Wildman–Crippen MR) is 171 cm³/mol. The van der Waals surface area contributed by atoms with Gasteiger partial charge in [0.15, 0.2) is 0 Å². The molecule has 1 aromatic heterocycles. The first kappa shape index (κ1) is 27.9. The number of hydrogen-bond acceptors (Lipinski definition) is 4. The first-order chi connectivity index (χ1) is 17.4. The molecule has 1 unspecified atom stereocenters. The molecule has 0 fully saturated rings. The molecule has 0 saturated heterocycles. The molecule has 0 aliphatic carbocycles. The smallest absolute Gasteiger partial charge is 0.0541 e. The molecule has 5 heteroatoms. The van der Waals surface area contributed by atoms with Crippen LogP contribution in [-0.4, -0.2) is 32.3 Å². The minimum absolute atomic E-state index is 0.427. The van der Waals surface area contributed by atoms with Crippen molar-refractivity contribution in [2.24, 2.45) is 5.92 Å². The molecule has 0 aliphatic rings. The largest absolute Gasteiger partial charge is 0.309 e. The minimum Gasteiger partial charge on any atom is -0.309 e. The summed E-state index contributed by atoms with van der Waals surface area (Å²) in [6.07, 6.45) is 3.88. The van der Waals surface area contributed by atoms with E-state index in [1.54, 1.807) is 0 Å². The molecule has 0 amide bonds. The number of rotatable bonds is 13. The zero-order chi connectivity index (χ0) is 25.5. The lowest BCUT2D eigenvalue weighted by Crippen LogP contribution is -2.21. The highest BCUT2D eigenvalue weighted by Gasteiger charge is 2.22. The van der Waals surface area contributed by atoms with E-state index in [2.05, 4.69) is 123 Å². The van der Waals surface area contributed by atoms with Crippen LogP contribution in [-0.2, 0) is 0 Å². The van der Waals surface area contributed by atoms with Crippen LogP contribution >= 0.6 is 47.9 Å². The van der Waals surface area contributed by atoms with Gasteiger partial charge < -0.3 is 4.57 Å². The van der Waals surface area contributed by atoms with E-state index in [1.165, 1.54) is 68.9 Å². The van der Waals surface area contributed by atoms with Gasteiger partial charge in [-0.2, -0.15) is 23.5 Å². The zero-order valence-corrected chi connectivity index (χ0v) is 25.3. The summed E-state index contributed by atoms with van der Waals surface area (Å²) < 4.78 is 2.79. The molecule has 1 atom stereocenters. The van der Waals surface area contributed by atoms with Gasteiger partial charge in [-0.1, -0.05) is 64.1 Å². The minimum atomic E-state index is 0.427. The fourth-order valence-electron chi connectivity index (χ4n) is 4.46. The third kappa shape index (κ3) is 6.83. The average molecular weight is 554 g/mol. The molecule has 3 aromatic carbocycles. The van der Waals surface area contributed by atoms with Gasteiger partial charge in [0, 0.05) is 42.5 Å². The van der Waals surface area contributed by atoms with E-state index < -0.39 is 0 Å². The van der Waals surface area contributed by atoms with E-state index in [-0.39, 0.29) is 0 Å². The van der Waals surface area contributed by atoms with Crippen molar-refractivity contribution < 1.29 is 0 Å². The lowest BCUT2D eigenvalue weighted by atomic mass is 10.1. The summed E-state index contributed by atoms with van der Waals surface area (Å²) in [6, 6.07) is 24.0. The monoisotopic (exact) mass is 553 g/mol. The summed E-state index contributed by atoms with van der Waals surface area (Å²) in [5.41, 5.74) is 3.65. The van der Waals surface area contributed by atoms with Gasteiger partial charge >= 0.3 is 0 Å². The molecule has 1 nitrogen and oxygen atoms in total. The number of para-hydroxylation sites is 2. The molecule has 36 heavy (non-hydrogen) atoms. The van der Waals surface area contributed by atoms with Crippen LogP contribution in [0.2, 0.25) is 0 Å². The van der Waals surface area contributed by atoms with Crippen molar-refractivity contribution in [3.05, 3.63) is 66.7 Å². The standard InChI is InChI=1S/C31H39NS4/c1-5-31(4,36-18-16-23(2)3)17-19-34-20-21-35-30-15-14-24(22-29(30)33)32-27-12-8-6-10-25(27)26-11-7-9-13-28(26)32/h6-15,22-23,33H,5,16-21H2,1-4H3. The summed E-state index contributed by atoms with van der Waals surface area (Å²) in [6.45, 7) is 9.45. The maximum Gasteiger partial charge on any atom is 0.0541 e. The lowest BCUT2D eigenvalue weighted by molar-refractivity contribution is 0.594.